The second-order valence-corrected chi connectivity index (χ2v) is 3.88. The Labute approximate surface area is 106 Å². The van der Waals surface area contributed by atoms with Gasteiger partial charge in [0.15, 0.2) is 0 Å². The van der Waals surface area contributed by atoms with Crippen LogP contribution in [0.4, 0.5) is 0 Å². The average Bonchev–Trinajstić information content (AvgIpc) is 2.89. The second kappa shape index (κ2) is 5.36. The zero-order valence-electron chi connectivity index (χ0n) is 10.3. The molecule has 0 N–H and O–H groups in total. The summed E-state index contributed by atoms with van der Waals surface area (Å²) in [5, 5.41) is 0. The minimum atomic E-state index is -0.384. The Morgan fingerprint density at radius 1 is 1.17 bits per heavy atom. The van der Waals surface area contributed by atoms with Crippen LogP contribution in [0, 0.1) is 0 Å². The van der Waals surface area contributed by atoms with Gasteiger partial charge in [-0.2, -0.15) is 0 Å². The fourth-order valence-electron chi connectivity index (χ4n) is 1.61. The first-order chi connectivity index (χ1) is 8.70. The summed E-state index contributed by atoms with van der Waals surface area (Å²) in [6, 6.07) is 13.5. The van der Waals surface area contributed by atoms with Crippen molar-refractivity contribution in [2.45, 2.75) is 6.92 Å². The Kier molecular flexibility index (Phi) is 3.63. The van der Waals surface area contributed by atoms with E-state index in [1.54, 1.807) is 0 Å². The number of methoxy groups -OCH3 is 1. The van der Waals surface area contributed by atoms with E-state index in [1.165, 1.54) is 13.2 Å². The summed E-state index contributed by atoms with van der Waals surface area (Å²) < 4.78 is 10.3. The molecule has 0 saturated heterocycles. The zero-order valence-corrected chi connectivity index (χ0v) is 10.3. The van der Waals surface area contributed by atoms with E-state index in [0.717, 1.165) is 16.9 Å². The number of hydrogen-bond acceptors (Lipinski definition) is 3. The molecule has 1 aromatic heterocycles. The van der Waals surface area contributed by atoms with Crippen molar-refractivity contribution in [3.8, 4) is 11.3 Å². The summed E-state index contributed by atoms with van der Waals surface area (Å²) in [7, 11) is 1.35. The van der Waals surface area contributed by atoms with Crippen LogP contribution in [-0.2, 0) is 9.53 Å². The highest BCUT2D eigenvalue weighted by atomic mass is 16.5. The first kappa shape index (κ1) is 12.2. The number of ether oxygens (including phenoxy) is 1. The molecule has 1 heterocycles. The third-order valence-electron chi connectivity index (χ3n) is 2.59. The predicted molar refractivity (Wildman–Crippen MR) is 69.8 cm³/mol. The molecule has 0 atom stereocenters. The van der Waals surface area contributed by atoms with Crippen LogP contribution in [0.1, 0.15) is 12.7 Å². The van der Waals surface area contributed by atoms with E-state index in [0.29, 0.717) is 5.76 Å². The maximum absolute atomic E-state index is 11.1. The Bertz CT molecular complexity index is 564. The lowest BCUT2D eigenvalue weighted by Gasteiger charge is -1.98. The molecule has 92 valence electrons. The Morgan fingerprint density at radius 3 is 2.56 bits per heavy atom. The first-order valence-corrected chi connectivity index (χ1v) is 5.62. The van der Waals surface area contributed by atoms with Crippen molar-refractivity contribution in [1.82, 2.24) is 0 Å². The summed E-state index contributed by atoms with van der Waals surface area (Å²) in [4.78, 5) is 11.1. The number of furan rings is 1. The summed E-state index contributed by atoms with van der Waals surface area (Å²) in [5.74, 6) is 1.06. The highest BCUT2D eigenvalue weighted by Gasteiger charge is 2.07. The van der Waals surface area contributed by atoms with E-state index in [4.69, 9.17) is 4.42 Å². The van der Waals surface area contributed by atoms with Gasteiger partial charge >= 0.3 is 5.97 Å². The molecule has 0 aliphatic carbocycles. The van der Waals surface area contributed by atoms with E-state index in [1.807, 2.05) is 49.4 Å². The normalized spacial score (nSPS) is 11.3. The maximum Gasteiger partial charge on any atom is 0.330 e. The molecule has 0 aliphatic heterocycles. The highest BCUT2D eigenvalue weighted by Crippen LogP contribution is 2.25. The maximum atomic E-state index is 11.1. The lowest BCUT2D eigenvalue weighted by atomic mass is 10.2. The van der Waals surface area contributed by atoms with Crippen LogP contribution in [0.5, 0.6) is 0 Å². The monoisotopic (exact) mass is 242 g/mol. The van der Waals surface area contributed by atoms with Crippen LogP contribution in [-0.4, -0.2) is 13.1 Å². The van der Waals surface area contributed by atoms with Gasteiger partial charge in [0, 0.05) is 11.6 Å². The standard InChI is InChI=1S/C15H14O3/c1-11(10-15(16)17-2)13-8-9-14(18-13)12-6-4-3-5-7-12/h3-10H,1-2H3/b11-10+. The number of benzene rings is 1. The molecule has 0 aliphatic rings. The fraction of sp³-hybridized carbons (Fsp3) is 0.133. The number of hydrogen-bond donors (Lipinski definition) is 0. The van der Waals surface area contributed by atoms with Crippen molar-refractivity contribution in [3.05, 3.63) is 54.3 Å². The average molecular weight is 242 g/mol. The van der Waals surface area contributed by atoms with Crippen molar-refractivity contribution in [1.29, 1.82) is 0 Å². The van der Waals surface area contributed by atoms with E-state index >= 15 is 0 Å². The minimum absolute atomic E-state index is 0.384. The van der Waals surface area contributed by atoms with Gasteiger partial charge in [0.2, 0.25) is 0 Å². The number of allylic oxidation sites excluding steroid dienone is 1. The molecule has 0 unspecified atom stereocenters. The lowest BCUT2D eigenvalue weighted by molar-refractivity contribution is -0.134. The smallest absolute Gasteiger partial charge is 0.330 e. The van der Waals surface area contributed by atoms with E-state index in [-0.39, 0.29) is 5.97 Å². The Morgan fingerprint density at radius 2 is 1.89 bits per heavy atom. The summed E-state index contributed by atoms with van der Waals surface area (Å²) in [6.07, 6.45) is 1.41. The summed E-state index contributed by atoms with van der Waals surface area (Å²) in [6.45, 7) is 1.81. The molecule has 0 fully saturated rings. The van der Waals surface area contributed by atoms with Gasteiger partial charge in [0.1, 0.15) is 11.5 Å². The molecule has 0 bridgehead atoms. The lowest BCUT2D eigenvalue weighted by Crippen LogP contribution is -1.95. The molecule has 2 rings (SSSR count). The van der Waals surface area contributed by atoms with Crippen molar-refractivity contribution >= 4 is 11.5 Å². The molecule has 2 aromatic rings. The molecule has 0 spiro atoms. The molecule has 0 amide bonds. The third kappa shape index (κ3) is 2.69. The van der Waals surface area contributed by atoms with E-state index < -0.39 is 0 Å². The number of carbonyl (C=O) groups excluding carboxylic acids is 1. The first-order valence-electron chi connectivity index (χ1n) is 5.62. The molecule has 3 nitrogen and oxygen atoms in total. The van der Waals surface area contributed by atoms with Gasteiger partial charge in [0.25, 0.3) is 0 Å². The van der Waals surface area contributed by atoms with Gasteiger partial charge in [-0.3, -0.25) is 0 Å². The number of esters is 1. The largest absolute Gasteiger partial charge is 0.466 e. The van der Waals surface area contributed by atoms with Crippen LogP contribution >= 0.6 is 0 Å². The molecular formula is C15H14O3. The van der Waals surface area contributed by atoms with Gasteiger partial charge in [-0.15, -0.1) is 0 Å². The van der Waals surface area contributed by atoms with Crippen molar-refractivity contribution in [2.75, 3.05) is 7.11 Å². The zero-order chi connectivity index (χ0) is 13.0. The summed E-state index contributed by atoms with van der Waals surface area (Å²) >= 11 is 0. The van der Waals surface area contributed by atoms with E-state index in [2.05, 4.69) is 4.74 Å². The van der Waals surface area contributed by atoms with Crippen LogP contribution < -0.4 is 0 Å². The van der Waals surface area contributed by atoms with Gasteiger partial charge in [-0.25, -0.2) is 4.79 Å². The Hall–Kier alpha value is -2.29. The Balaban J connectivity index is 2.26. The van der Waals surface area contributed by atoms with Crippen molar-refractivity contribution < 1.29 is 13.9 Å². The molecule has 18 heavy (non-hydrogen) atoms. The van der Waals surface area contributed by atoms with Gasteiger partial charge in [-0.1, -0.05) is 30.3 Å². The fourth-order valence-corrected chi connectivity index (χ4v) is 1.61. The topological polar surface area (TPSA) is 39.4 Å². The molecule has 0 radical (unpaired) electrons. The van der Waals surface area contributed by atoms with Gasteiger partial charge in [-0.05, 0) is 24.6 Å². The second-order valence-electron chi connectivity index (χ2n) is 3.88. The van der Waals surface area contributed by atoms with Crippen LogP contribution in [0.15, 0.2) is 53.0 Å². The van der Waals surface area contributed by atoms with Crippen molar-refractivity contribution in [3.63, 3.8) is 0 Å². The predicted octanol–water partition coefficient (Wildman–Crippen LogP) is 3.52. The highest BCUT2D eigenvalue weighted by molar-refractivity contribution is 5.90. The molecule has 0 saturated carbocycles. The van der Waals surface area contributed by atoms with Crippen LogP contribution in [0.3, 0.4) is 0 Å². The molecule has 3 heteroatoms. The van der Waals surface area contributed by atoms with Gasteiger partial charge in [0.05, 0.1) is 7.11 Å². The van der Waals surface area contributed by atoms with E-state index in [9.17, 15) is 4.79 Å². The quantitative estimate of drug-likeness (QED) is 0.610. The van der Waals surface area contributed by atoms with Gasteiger partial charge < -0.3 is 9.15 Å². The summed E-state index contributed by atoms with van der Waals surface area (Å²) in [5.41, 5.74) is 1.75. The third-order valence-corrected chi connectivity index (χ3v) is 2.59. The number of carbonyl (C=O) groups is 1. The molecule has 1 aromatic carbocycles. The van der Waals surface area contributed by atoms with Crippen LogP contribution in [0.25, 0.3) is 16.9 Å². The SMILES string of the molecule is COC(=O)/C=C(\C)c1ccc(-c2ccccc2)o1. The number of rotatable bonds is 3. The van der Waals surface area contributed by atoms with Crippen LogP contribution in [0.2, 0.25) is 0 Å². The van der Waals surface area contributed by atoms with Crippen molar-refractivity contribution in [2.24, 2.45) is 0 Å². The molecular weight excluding hydrogens is 228 g/mol. The minimum Gasteiger partial charge on any atom is -0.466 e.